The molecule has 0 aromatic carbocycles. The molecule has 0 saturated carbocycles. The van der Waals surface area contributed by atoms with Crippen LogP contribution in [0.1, 0.15) is 181 Å². The molecule has 0 aromatic rings. The van der Waals surface area contributed by atoms with Crippen LogP contribution in [-0.4, -0.2) is 81.6 Å². The Kier molecular flexibility index (Phi) is 39.3. The van der Waals surface area contributed by atoms with Crippen LogP contribution in [0.4, 0.5) is 0 Å². The third-order valence-electron chi connectivity index (χ3n) is 9.74. The highest BCUT2D eigenvalue weighted by atomic mass is 31.2. The number of aliphatic hydroxyl groups is 2. The summed E-state index contributed by atoms with van der Waals surface area (Å²) < 4.78 is 47.8. The van der Waals surface area contributed by atoms with Crippen molar-refractivity contribution in [2.75, 3.05) is 26.4 Å². The molecule has 0 aliphatic rings. The molecule has 0 aliphatic heterocycles. The highest BCUT2D eigenvalue weighted by Crippen LogP contribution is 2.43. The number of rotatable bonds is 43. The Morgan fingerprint density at radius 2 is 1.08 bits per heavy atom. The first kappa shape index (κ1) is 60.0. The Morgan fingerprint density at radius 1 is 0.565 bits per heavy atom. The van der Waals surface area contributed by atoms with E-state index in [9.17, 15) is 33.8 Å². The molecular formula is C46H84O14P2. The number of aliphatic hydroxyl groups excluding tert-OH is 2. The van der Waals surface area contributed by atoms with Crippen LogP contribution in [0.15, 0.2) is 48.6 Å². The van der Waals surface area contributed by atoms with Gasteiger partial charge in [0.05, 0.1) is 25.9 Å². The van der Waals surface area contributed by atoms with Crippen LogP contribution in [0, 0.1) is 5.92 Å². The average molecular weight is 923 g/mol. The molecule has 0 amide bonds. The molecule has 1 unspecified atom stereocenters. The van der Waals surface area contributed by atoms with E-state index in [1.54, 1.807) is 0 Å². The molecule has 0 spiro atoms. The van der Waals surface area contributed by atoms with E-state index in [0.29, 0.717) is 19.3 Å². The fourth-order valence-corrected chi connectivity index (χ4v) is 7.32. The zero-order chi connectivity index (χ0) is 46.2. The second-order valence-corrected chi connectivity index (χ2v) is 19.1. The van der Waals surface area contributed by atoms with Gasteiger partial charge in [-0.05, 0) is 44.4 Å². The highest BCUT2D eigenvalue weighted by molar-refractivity contribution is 7.47. The van der Waals surface area contributed by atoms with Crippen LogP contribution in [0.2, 0.25) is 0 Å². The van der Waals surface area contributed by atoms with Crippen molar-refractivity contribution in [1.82, 2.24) is 0 Å². The van der Waals surface area contributed by atoms with Gasteiger partial charge in [-0.15, -0.1) is 0 Å². The normalized spacial score (nSPS) is 15.0. The van der Waals surface area contributed by atoms with E-state index in [2.05, 4.69) is 29.8 Å². The van der Waals surface area contributed by atoms with E-state index in [4.69, 9.17) is 23.8 Å². The number of carbonyl (C=O) groups excluding carboxylic acids is 2. The monoisotopic (exact) mass is 923 g/mol. The lowest BCUT2D eigenvalue weighted by molar-refractivity contribution is -0.161. The van der Waals surface area contributed by atoms with Crippen LogP contribution >= 0.6 is 15.6 Å². The molecule has 362 valence electrons. The maximum atomic E-state index is 12.7. The number of hydrogen-bond acceptors (Lipinski definition) is 11. The summed E-state index contributed by atoms with van der Waals surface area (Å²) in [5.74, 6) is -0.317. The third kappa shape index (κ3) is 44.6. The Balaban J connectivity index is 4.59. The molecule has 0 heterocycles. The summed E-state index contributed by atoms with van der Waals surface area (Å²) in [6, 6.07) is 0. The van der Waals surface area contributed by atoms with Gasteiger partial charge in [-0.25, -0.2) is 9.13 Å². The quantitative estimate of drug-likeness (QED) is 0.0126. The maximum Gasteiger partial charge on any atom is 0.472 e. The maximum absolute atomic E-state index is 12.7. The predicted octanol–water partition coefficient (Wildman–Crippen LogP) is 11.1. The fourth-order valence-electron chi connectivity index (χ4n) is 6.17. The fraction of sp³-hybridized carbons (Fsp3) is 0.783. The van der Waals surface area contributed by atoms with E-state index in [1.165, 1.54) is 70.6 Å². The minimum absolute atomic E-state index is 0.0994. The number of phosphoric ester groups is 2. The van der Waals surface area contributed by atoms with E-state index in [1.807, 2.05) is 48.6 Å². The highest BCUT2D eigenvalue weighted by Gasteiger charge is 2.28. The summed E-state index contributed by atoms with van der Waals surface area (Å²) in [6.07, 6.45) is 37.2. The van der Waals surface area contributed by atoms with Gasteiger partial charge in [-0.1, -0.05) is 179 Å². The van der Waals surface area contributed by atoms with Crippen LogP contribution in [0.25, 0.3) is 0 Å². The molecular weight excluding hydrogens is 838 g/mol. The van der Waals surface area contributed by atoms with E-state index >= 15 is 0 Å². The summed E-state index contributed by atoms with van der Waals surface area (Å²) >= 11 is 0. The number of allylic oxidation sites excluding steroid dienone is 7. The molecule has 16 heteroatoms. The van der Waals surface area contributed by atoms with E-state index in [0.717, 1.165) is 63.7 Å². The summed E-state index contributed by atoms with van der Waals surface area (Å²) in [5, 5.41) is 19.7. The van der Waals surface area contributed by atoms with Gasteiger partial charge in [0.25, 0.3) is 0 Å². The van der Waals surface area contributed by atoms with Crippen molar-refractivity contribution in [2.45, 2.75) is 200 Å². The zero-order valence-corrected chi connectivity index (χ0v) is 40.0. The van der Waals surface area contributed by atoms with Gasteiger partial charge in [-0.2, -0.15) is 0 Å². The van der Waals surface area contributed by atoms with Crippen LogP contribution < -0.4 is 0 Å². The van der Waals surface area contributed by atoms with E-state index in [-0.39, 0.29) is 12.8 Å². The Bertz CT molecular complexity index is 1310. The van der Waals surface area contributed by atoms with Crippen LogP contribution in [0.5, 0.6) is 0 Å². The van der Waals surface area contributed by atoms with Crippen LogP contribution in [0.3, 0.4) is 0 Å². The molecule has 5 N–H and O–H groups in total. The van der Waals surface area contributed by atoms with Gasteiger partial charge in [0, 0.05) is 12.8 Å². The number of phosphoric acid groups is 2. The smallest absolute Gasteiger partial charge is 0.462 e. The van der Waals surface area contributed by atoms with Gasteiger partial charge in [0.15, 0.2) is 6.10 Å². The molecule has 0 aromatic heterocycles. The first-order valence-electron chi connectivity index (χ1n) is 23.3. The second-order valence-electron chi connectivity index (χ2n) is 16.4. The molecule has 0 radical (unpaired) electrons. The SMILES string of the molecule is CCCCC[C@@H](O)/C=C/C=C\C/C=C\C/C=C\CCCC(=O)OC[C@H](COP(=O)(O)OC[C@@H](O)COP(=O)(O)O)OC(=O)CCCCCCCCCCCCCCCCC(C)C. The Labute approximate surface area is 373 Å². The van der Waals surface area contributed by atoms with Crippen LogP contribution in [-0.2, 0) is 41.8 Å². The minimum atomic E-state index is -4.87. The van der Waals surface area contributed by atoms with Gasteiger partial charge < -0.3 is 34.4 Å². The lowest BCUT2D eigenvalue weighted by atomic mass is 10.0. The van der Waals surface area contributed by atoms with Gasteiger partial charge in [-0.3, -0.25) is 23.2 Å². The first-order valence-corrected chi connectivity index (χ1v) is 26.3. The lowest BCUT2D eigenvalue weighted by Crippen LogP contribution is -2.30. The number of ether oxygens (including phenoxy) is 2. The molecule has 0 fully saturated rings. The number of hydrogen-bond donors (Lipinski definition) is 5. The summed E-state index contributed by atoms with van der Waals surface area (Å²) in [4.78, 5) is 52.8. The van der Waals surface area contributed by atoms with Crippen molar-refractivity contribution in [3.05, 3.63) is 48.6 Å². The number of carbonyl (C=O) groups is 2. The average Bonchev–Trinajstić information content (AvgIpc) is 3.21. The summed E-state index contributed by atoms with van der Waals surface area (Å²) in [7, 11) is -9.71. The predicted molar refractivity (Wildman–Crippen MR) is 245 cm³/mol. The molecule has 0 saturated heterocycles. The Hall–Kier alpha value is -1.96. The summed E-state index contributed by atoms with van der Waals surface area (Å²) in [6.45, 7) is 3.90. The topological polar surface area (TPSA) is 216 Å². The minimum Gasteiger partial charge on any atom is -0.462 e. The van der Waals surface area contributed by atoms with Gasteiger partial charge in [0.1, 0.15) is 12.7 Å². The van der Waals surface area contributed by atoms with Crippen molar-refractivity contribution in [3.63, 3.8) is 0 Å². The van der Waals surface area contributed by atoms with Crippen molar-refractivity contribution >= 4 is 27.6 Å². The Morgan fingerprint density at radius 3 is 1.68 bits per heavy atom. The lowest BCUT2D eigenvalue weighted by Gasteiger charge is -2.20. The molecule has 4 atom stereocenters. The zero-order valence-electron chi connectivity index (χ0n) is 38.2. The third-order valence-corrected chi connectivity index (χ3v) is 11.2. The van der Waals surface area contributed by atoms with Gasteiger partial charge >= 0.3 is 27.6 Å². The van der Waals surface area contributed by atoms with Crippen molar-refractivity contribution < 1.29 is 66.7 Å². The second kappa shape index (κ2) is 40.5. The summed E-state index contributed by atoms with van der Waals surface area (Å²) in [5.41, 5.74) is 0. The molecule has 14 nitrogen and oxygen atoms in total. The van der Waals surface area contributed by atoms with Gasteiger partial charge in [0.2, 0.25) is 0 Å². The molecule has 62 heavy (non-hydrogen) atoms. The van der Waals surface area contributed by atoms with Crippen molar-refractivity contribution in [1.29, 1.82) is 0 Å². The number of unbranched alkanes of at least 4 members (excludes halogenated alkanes) is 16. The van der Waals surface area contributed by atoms with Crippen molar-refractivity contribution in [3.8, 4) is 0 Å². The molecule has 0 rings (SSSR count). The standard InChI is InChI=1S/C46H84O14P2/c1-4-5-27-33-42(47)34-29-24-20-16-12-10-14-17-21-25-30-35-45(49)56-39-44(40-59-62(54,55)58-38-43(48)37-57-61(51,52)53)60-46(50)36-31-26-22-18-13-9-7-6-8-11-15-19-23-28-32-41(2)3/h10,12,17,20-21,24,29,34,41-44,47-48H,4-9,11,13-16,18-19,22-23,25-28,30-33,35-40H2,1-3H3,(H,54,55)(H2,51,52,53)/b12-10-,21-17-,24-20-,34-29+/t42-,43+,44-/m1/s1. The van der Waals surface area contributed by atoms with E-state index < -0.39 is 72.3 Å². The molecule has 0 aliphatic carbocycles. The molecule has 0 bridgehead atoms. The van der Waals surface area contributed by atoms with Crippen molar-refractivity contribution in [2.24, 2.45) is 5.92 Å². The number of esters is 2. The first-order chi connectivity index (χ1) is 29.6. The largest absolute Gasteiger partial charge is 0.472 e.